The van der Waals surface area contributed by atoms with Gasteiger partial charge in [-0.15, -0.1) is 0 Å². The first kappa shape index (κ1) is 23.8. The van der Waals surface area contributed by atoms with Crippen molar-refractivity contribution in [1.82, 2.24) is 0 Å². The average molecular weight is 376 g/mol. The molecule has 0 spiro atoms. The predicted octanol–water partition coefficient (Wildman–Crippen LogP) is 2.41. The van der Waals surface area contributed by atoms with E-state index in [0.29, 0.717) is 12.2 Å². The van der Waals surface area contributed by atoms with Gasteiger partial charge in [0.1, 0.15) is 13.2 Å². The number of rotatable bonds is 9. The van der Waals surface area contributed by atoms with Crippen LogP contribution in [0.5, 0.6) is 0 Å². The van der Waals surface area contributed by atoms with Crippen molar-refractivity contribution >= 4 is 17.9 Å². The maximum Gasteiger partial charge on any atom is 0.333 e. The average Bonchev–Trinajstić information content (AvgIpc) is 2.64. The molecule has 2 N–H and O–H groups in total. The fraction of sp³-hybridized carbons (Fsp3) is 0.250. The molecule has 1 rings (SSSR count). The van der Waals surface area contributed by atoms with Crippen LogP contribution >= 0.6 is 0 Å². The van der Waals surface area contributed by atoms with Crippen LogP contribution in [-0.4, -0.2) is 41.3 Å². The summed E-state index contributed by atoms with van der Waals surface area (Å²) in [5.74, 6) is -2.06. The lowest BCUT2D eigenvalue weighted by molar-refractivity contribution is -0.140. The Balaban J connectivity index is 0.000000501. The molecule has 0 bridgehead atoms. The first-order valence-electron chi connectivity index (χ1n) is 7.99. The van der Waals surface area contributed by atoms with Crippen LogP contribution < -0.4 is 0 Å². The van der Waals surface area contributed by atoms with Gasteiger partial charge in [0.05, 0.1) is 6.61 Å². The van der Waals surface area contributed by atoms with Gasteiger partial charge in [-0.3, -0.25) is 0 Å². The first-order chi connectivity index (χ1) is 12.8. The van der Waals surface area contributed by atoms with Crippen LogP contribution in [0.4, 0.5) is 0 Å². The van der Waals surface area contributed by atoms with Crippen molar-refractivity contribution in [3.05, 3.63) is 72.4 Å². The molecule has 0 aliphatic carbocycles. The predicted molar refractivity (Wildman–Crippen MR) is 99.6 cm³/mol. The van der Waals surface area contributed by atoms with Crippen LogP contribution in [-0.2, 0) is 30.5 Å². The van der Waals surface area contributed by atoms with Gasteiger partial charge in [0.15, 0.2) is 0 Å². The molecule has 0 radical (unpaired) electrons. The van der Waals surface area contributed by atoms with E-state index in [-0.39, 0.29) is 31.2 Å². The smallest absolute Gasteiger partial charge is 0.333 e. The van der Waals surface area contributed by atoms with E-state index in [1.165, 1.54) is 6.08 Å². The van der Waals surface area contributed by atoms with E-state index in [2.05, 4.69) is 17.9 Å². The fourth-order valence-corrected chi connectivity index (χ4v) is 1.47. The van der Waals surface area contributed by atoms with Crippen LogP contribution in [0, 0.1) is 0 Å². The van der Waals surface area contributed by atoms with Crippen molar-refractivity contribution < 1.29 is 34.1 Å². The second kappa shape index (κ2) is 14.0. The number of benzene rings is 1. The van der Waals surface area contributed by atoms with Crippen molar-refractivity contribution in [2.45, 2.75) is 20.0 Å². The number of carboxylic acid groups (broad SMARTS) is 1. The molecule has 0 fully saturated rings. The zero-order chi connectivity index (χ0) is 20.7. The number of hydrogen-bond acceptors (Lipinski definition) is 6. The summed E-state index contributed by atoms with van der Waals surface area (Å²) >= 11 is 0. The van der Waals surface area contributed by atoms with Gasteiger partial charge in [0.25, 0.3) is 0 Å². The number of carbonyl (C=O) groups excluding carboxylic acids is 2. The molecule has 0 unspecified atom stereocenters. The molecule has 0 heterocycles. The van der Waals surface area contributed by atoms with Crippen molar-refractivity contribution in [2.24, 2.45) is 0 Å². The van der Waals surface area contributed by atoms with E-state index in [1.54, 1.807) is 6.92 Å². The third-order valence-corrected chi connectivity index (χ3v) is 2.80. The highest BCUT2D eigenvalue weighted by Gasteiger charge is 2.06. The summed E-state index contributed by atoms with van der Waals surface area (Å²) < 4.78 is 9.49. The van der Waals surface area contributed by atoms with Crippen molar-refractivity contribution in [1.29, 1.82) is 0 Å². The summed E-state index contributed by atoms with van der Waals surface area (Å²) in [6, 6.07) is 9.55. The molecule has 0 atom stereocenters. The van der Waals surface area contributed by atoms with Crippen LogP contribution in [0.2, 0.25) is 0 Å². The van der Waals surface area contributed by atoms with Crippen LogP contribution in [0.3, 0.4) is 0 Å². The quantitative estimate of drug-likeness (QED) is 0.503. The Kier molecular flexibility index (Phi) is 12.4. The van der Waals surface area contributed by atoms with Gasteiger partial charge in [0, 0.05) is 17.2 Å². The number of esters is 2. The van der Waals surface area contributed by atoms with E-state index in [4.69, 9.17) is 14.9 Å². The number of carbonyl (C=O) groups is 3. The Morgan fingerprint density at radius 3 is 2.22 bits per heavy atom. The molecule has 1 aromatic carbocycles. The number of allylic oxidation sites excluding steroid dienone is 1. The molecule has 0 saturated carbocycles. The number of ether oxygens (including phenoxy) is 2. The van der Waals surface area contributed by atoms with Crippen molar-refractivity contribution in [2.75, 3.05) is 13.2 Å². The van der Waals surface area contributed by atoms with Crippen LogP contribution in [0.25, 0.3) is 0 Å². The lowest BCUT2D eigenvalue weighted by Crippen LogP contribution is -2.09. The number of aliphatic hydroxyl groups is 1. The molecular formula is C20H24O7. The Bertz CT molecular complexity index is 675. The van der Waals surface area contributed by atoms with Crippen LogP contribution in [0.15, 0.2) is 66.8 Å². The highest BCUT2D eigenvalue weighted by Crippen LogP contribution is 2.03. The lowest BCUT2D eigenvalue weighted by atomic mass is 10.2. The number of aliphatic carboxylic acids is 1. The molecule has 0 aliphatic heterocycles. The molecule has 0 aliphatic rings. The van der Waals surface area contributed by atoms with Crippen molar-refractivity contribution in [3.63, 3.8) is 0 Å². The minimum absolute atomic E-state index is 0.0828. The Labute approximate surface area is 158 Å². The summed E-state index contributed by atoms with van der Waals surface area (Å²) in [4.78, 5) is 32.0. The minimum Gasteiger partial charge on any atom is -0.478 e. The number of aliphatic hydroxyl groups excluding tert-OH is 1. The van der Waals surface area contributed by atoms with Gasteiger partial charge in [-0.05, 0) is 18.9 Å². The van der Waals surface area contributed by atoms with E-state index in [9.17, 15) is 14.4 Å². The van der Waals surface area contributed by atoms with Gasteiger partial charge in [0.2, 0.25) is 0 Å². The topological polar surface area (TPSA) is 110 Å². The Morgan fingerprint density at radius 1 is 1.07 bits per heavy atom. The van der Waals surface area contributed by atoms with E-state index in [1.807, 2.05) is 30.3 Å². The zero-order valence-corrected chi connectivity index (χ0v) is 15.2. The minimum atomic E-state index is -1.08. The van der Waals surface area contributed by atoms with Gasteiger partial charge in [-0.2, -0.15) is 0 Å². The first-order valence-corrected chi connectivity index (χ1v) is 7.99. The summed E-state index contributed by atoms with van der Waals surface area (Å²) in [6.07, 6.45) is 2.34. The molecule has 27 heavy (non-hydrogen) atoms. The fourth-order valence-electron chi connectivity index (χ4n) is 1.47. The van der Waals surface area contributed by atoms with Crippen LogP contribution in [0.1, 0.15) is 18.9 Å². The second-order valence-electron chi connectivity index (χ2n) is 5.25. The zero-order valence-electron chi connectivity index (χ0n) is 15.2. The molecule has 146 valence electrons. The summed E-state index contributed by atoms with van der Waals surface area (Å²) in [5, 5.41) is 16.6. The highest BCUT2D eigenvalue weighted by molar-refractivity contribution is 5.88. The normalized spacial score (nSPS) is 9.70. The Morgan fingerprint density at radius 2 is 1.70 bits per heavy atom. The number of hydrogen-bond donors (Lipinski definition) is 2. The maximum absolute atomic E-state index is 11.0. The largest absolute Gasteiger partial charge is 0.478 e. The third-order valence-electron chi connectivity index (χ3n) is 2.80. The van der Waals surface area contributed by atoms with E-state index < -0.39 is 11.9 Å². The summed E-state index contributed by atoms with van der Waals surface area (Å²) in [5.41, 5.74) is 1.56. The molecule has 0 saturated heterocycles. The lowest BCUT2D eigenvalue weighted by Gasteiger charge is -2.03. The van der Waals surface area contributed by atoms with E-state index in [0.717, 1.165) is 11.6 Å². The molecule has 0 aromatic heterocycles. The van der Waals surface area contributed by atoms with Gasteiger partial charge < -0.3 is 19.7 Å². The highest BCUT2D eigenvalue weighted by atomic mass is 16.5. The SMILES string of the molecule is C=C(C)C(=O)OCc1ccccc1.C=C(CC=CC(=O)O)C(=O)OCCO. The van der Waals surface area contributed by atoms with Gasteiger partial charge in [-0.25, -0.2) is 14.4 Å². The monoisotopic (exact) mass is 376 g/mol. The molecule has 1 aromatic rings. The summed E-state index contributed by atoms with van der Waals surface area (Å²) in [6.45, 7) is 8.51. The standard InChI is InChI=1S/C11H12O2.C9H12O5/c1-9(2)11(12)13-8-10-6-4-3-5-7-10;1-7(3-2-4-8(11)12)9(13)14-6-5-10/h3-7H,1,8H2,2H3;2,4,10H,1,3,5-6H2,(H,11,12). The summed E-state index contributed by atoms with van der Waals surface area (Å²) in [7, 11) is 0. The molecular weight excluding hydrogens is 352 g/mol. The van der Waals surface area contributed by atoms with Crippen molar-refractivity contribution in [3.8, 4) is 0 Å². The maximum atomic E-state index is 11.0. The van der Waals surface area contributed by atoms with Gasteiger partial charge >= 0.3 is 17.9 Å². The number of carboxylic acids is 1. The second-order valence-corrected chi connectivity index (χ2v) is 5.25. The third kappa shape index (κ3) is 12.8. The molecule has 7 heteroatoms. The van der Waals surface area contributed by atoms with E-state index >= 15 is 0 Å². The Hall–Kier alpha value is -3.19. The molecule has 7 nitrogen and oxygen atoms in total. The molecule has 0 amide bonds. The van der Waals surface area contributed by atoms with Gasteiger partial charge in [-0.1, -0.05) is 49.6 Å².